The van der Waals surface area contributed by atoms with Crippen molar-refractivity contribution in [2.45, 2.75) is 103 Å². The van der Waals surface area contributed by atoms with Crippen LogP contribution in [0.5, 0.6) is 0 Å². The number of amides is 1. The third-order valence-corrected chi connectivity index (χ3v) is 6.10. The van der Waals surface area contributed by atoms with E-state index >= 15 is 0 Å². The molecule has 0 aromatic rings. The van der Waals surface area contributed by atoms with Crippen LogP contribution < -0.4 is 16.0 Å². The minimum Gasteiger partial charge on any atom is -0.356 e. The van der Waals surface area contributed by atoms with E-state index in [4.69, 9.17) is 0 Å². The van der Waals surface area contributed by atoms with E-state index in [1.54, 1.807) is 0 Å². The first-order valence-electron chi connectivity index (χ1n) is 10.0. The lowest BCUT2D eigenvalue weighted by Crippen LogP contribution is -2.48. The molecule has 3 N–H and O–H groups in total. The van der Waals surface area contributed by atoms with Crippen molar-refractivity contribution in [2.24, 2.45) is 11.8 Å². The maximum atomic E-state index is 12.7. The Morgan fingerprint density at radius 2 is 1.31 bits per heavy atom. The summed E-state index contributed by atoms with van der Waals surface area (Å²) in [4.78, 5) is 25.3. The second-order valence-corrected chi connectivity index (χ2v) is 10.8. The molecule has 0 radical (unpaired) electrons. The van der Waals surface area contributed by atoms with Gasteiger partial charge in [-0.05, 0) is 74.7 Å². The highest BCUT2D eigenvalue weighted by molar-refractivity contribution is 5.83. The van der Waals surface area contributed by atoms with Gasteiger partial charge >= 0.3 is 0 Å². The fourth-order valence-electron chi connectivity index (χ4n) is 5.26. The first-order valence-corrected chi connectivity index (χ1v) is 10.0. The number of nitrogens with one attached hydrogen (secondary N) is 3. The van der Waals surface area contributed by atoms with Crippen LogP contribution >= 0.6 is 0 Å². The van der Waals surface area contributed by atoms with E-state index in [1.807, 2.05) is 0 Å². The number of hydrogen-bond acceptors (Lipinski definition) is 4. The molecular weight excluding hydrogens is 326 g/mol. The molecule has 5 nitrogen and oxygen atoms in total. The van der Waals surface area contributed by atoms with Gasteiger partial charge in [-0.15, -0.1) is 0 Å². The van der Waals surface area contributed by atoms with Crippen molar-refractivity contribution in [3.8, 4) is 0 Å². The number of Topliss-reactive ketones (excluding diaryl/α,β-unsaturated/α-hetero) is 1. The number of carbonyl (C=O) groups is 2. The van der Waals surface area contributed by atoms with E-state index in [1.165, 1.54) is 0 Å². The fraction of sp³-hybridized carbons (Fsp3) is 0.905. The summed E-state index contributed by atoms with van der Waals surface area (Å²) >= 11 is 0. The van der Waals surface area contributed by atoms with Crippen LogP contribution in [0.3, 0.4) is 0 Å². The summed E-state index contributed by atoms with van der Waals surface area (Å²) in [6.07, 6.45) is 2.95. The zero-order valence-corrected chi connectivity index (χ0v) is 18.0. The second kappa shape index (κ2) is 6.90. The Bertz CT molecular complexity index is 514. The van der Waals surface area contributed by atoms with Gasteiger partial charge in [-0.1, -0.05) is 0 Å². The Morgan fingerprint density at radius 1 is 0.846 bits per heavy atom. The molecule has 2 aliphatic heterocycles. The summed E-state index contributed by atoms with van der Waals surface area (Å²) in [7, 11) is 0. The number of carbonyl (C=O) groups excluding carboxylic acids is 2. The van der Waals surface area contributed by atoms with Crippen LogP contribution in [0.4, 0.5) is 0 Å². The molecule has 2 aliphatic rings. The highest BCUT2D eigenvalue weighted by Gasteiger charge is 2.48. The predicted molar refractivity (Wildman–Crippen MR) is 106 cm³/mol. The molecule has 5 heteroatoms. The van der Waals surface area contributed by atoms with Crippen LogP contribution in [0.2, 0.25) is 0 Å². The monoisotopic (exact) mass is 365 g/mol. The number of hydrogen-bond donors (Lipinski definition) is 3. The number of rotatable bonds is 6. The highest BCUT2D eigenvalue weighted by atomic mass is 16.2. The maximum absolute atomic E-state index is 12.7. The summed E-state index contributed by atoms with van der Waals surface area (Å²) in [6.45, 7) is 17.6. The van der Waals surface area contributed by atoms with E-state index in [0.717, 1.165) is 12.8 Å². The molecule has 26 heavy (non-hydrogen) atoms. The second-order valence-electron chi connectivity index (χ2n) is 10.8. The first kappa shape index (κ1) is 21.4. The first-order chi connectivity index (χ1) is 11.7. The average Bonchev–Trinajstić information content (AvgIpc) is 2.80. The molecule has 150 valence electrons. The van der Waals surface area contributed by atoms with Crippen molar-refractivity contribution in [2.75, 3.05) is 6.54 Å². The van der Waals surface area contributed by atoms with E-state index in [2.05, 4.69) is 71.3 Å². The molecule has 2 atom stereocenters. The van der Waals surface area contributed by atoms with Crippen molar-refractivity contribution in [1.29, 1.82) is 0 Å². The quantitative estimate of drug-likeness (QED) is 0.633. The molecule has 2 rings (SSSR count). The van der Waals surface area contributed by atoms with Crippen LogP contribution in [-0.4, -0.2) is 40.4 Å². The minimum absolute atomic E-state index is 0.00585. The molecule has 2 unspecified atom stereocenters. The largest absolute Gasteiger partial charge is 0.356 e. The Kier molecular flexibility index (Phi) is 5.67. The van der Waals surface area contributed by atoms with Crippen molar-refractivity contribution in [3.05, 3.63) is 0 Å². The fourth-order valence-corrected chi connectivity index (χ4v) is 5.26. The van der Waals surface area contributed by atoms with Crippen LogP contribution in [0.1, 0.15) is 81.1 Å². The minimum atomic E-state index is -0.200. The van der Waals surface area contributed by atoms with Gasteiger partial charge in [-0.2, -0.15) is 0 Å². The molecule has 0 aliphatic carbocycles. The average molecular weight is 366 g/mol. The smallest absolute Gasteiger partial charge is 0.225 e. The summed E-state index contributed by atoms with van der Waals surface area (Å²) in [5.74, 6) is 0.426. The molecule has 0 aromatic heterocycles. The van der Waals surface area contributed by atoms with Crippen LogP contribution in [0, 0.1) is 11.8 Å². The van der Waals surface area contributed by atoms with Gasteiger partial charge in [-0.3, -0.25) is 9.59 Å². The van der Waals surface area contributed by atoms with E-state index in [-0.39, 0.29) is 39.9 Å². The van der Waals surface area contributed by atoms with Gasteiger partial charge in [0.25, 0.3) is 0 Å². The molecular formula is C21H39N3O2. The van der Waals surface area contributed by atoms with Crippen LogP contribution in [0.25, 0.3) is 0 Å². The normalized spacial score (nSPS) is 30.9. The lowest BCUT2D eigenvalue weighted by molar-refractivity contribution is -0.127. The summed E-state index contributed by atoms with van der Waals surface area (Å²) < 4.78 is 0. The Morgan fingerprint density at radius 3 is 1.73 bits per heavy atom. The standard InChI is InChI=1S/C21H39N3O2/c1-18(2)12-14(20(5,6)23-18)16(25)10-9-11-22-17(26)15-13-19(3,4)24-21(15,7)8/h14-15,23-24H,9-13H2,1-8H3,(H,22,26). The summed E-state index contributed by atoms with van der Waals surface area (Å²) in [6, 6.07) is 0. The Labute approximate surface area is 159 Å². The topological polar surface area (TPSA) is 70.2 Å². The SMILES string of the molecule is CC1(C)CC(C(=O)CCCNC(=O)C2CC(C)(C)NC2(C)C)C(C)(C)N1. The third-order valence-electron chi connectivity index (χ3n) is 6.10. The molecule has 0 bridgehead atoms. The molecule has 2 fully saturated rings. The van der Waals surface area contributed by atoms with Gasteiger partial charge in [0, 0.05) is 41.0 Å². The van der Waals surface area contributed by atoms with E-state index in [0.29, 0.717) is 25.2 Å². The zero-order chi connectivity index (χ0) is 20.0. The molecule has 2 saturated heterocycles. The predicted octanol–water partition coefficient (Wildman–Crippen LogP) is 2.79. The molecule has 0 aromatic carbocycles. The van der Waals surface area contributed by atoms with Gasteiger partial charge in [0.15, 0.2) is 0 Å². The van der Waals surface area contributed by atoms with Gasteiger partial charge in [0.1, 0.15) is 5.78 Å². The van der Waals surface area contributed by atoms with Crippen molar-refractivity contribution < 1.29 is 9.59 Å². The van der Waals surface area contributed by atoms with Crippen molar-refractivity contribution >= 4 is 11.7 Å². The van der Waals surface area contributed by atoms with Crippen molar-refractivity contribution in [1.82, 2.24) is 16.0 Å². The third kappa shape index (κ3) is 4.86. The summed E-state index contributed by atoms with van der Waals surface area (Å²) in [5, 5.41) is 10.2. The Hall–Kier alpha value is -0.940. The highest BCUT2D eigenvalue weighted by Crippen LogP contribution is 2.37. The zero-order valence-electron chi connectivity index (χ0n) is 18.0. The summed E-state index contributed by atoms with van der Waals surface area (Å²) in [5.41, 5.74) is -0.370. The van der Waals surface area contributed by atoms with Gasteiger partial charge in [0.2, 0.25) is 5.91 Å². The lowest BCUT2D eigenvalue weighted by Gasteiger charge is -2.28. The molecule has 1 amide bonds. The van der Waals surface area contributed by atoms with Gasteiger partial charge < -0.3 is 16.0 Å². The van der Waals surface area contributed by atoms with E-state index in [9.17, 15) is 9.59 Å². The molecule has 0 saturated carbocycles. The van der Waals surface area contributed by atoms with Gasteiger partial charge in [-0.25, -0.2) is 0 Å². The van der Waals surface area contributed by atoms with Gasteiger partial charge in [0.05, 0.1) is 5.92 Å². The Balaban J connectivity index is 1.79. The molecule has 0 spiro atoms. The number of ketones is 1. The van der Waals surface area contributed by atoms with Crippen LogP contribution in [0.15, 0.2) is 0 Å². The van der Waals surface area contributed by atoms with Crippen LogP contribution in [-0.2, 0) is 9.59 Å². The maximum Gasteiger partial charge on any atom is 0.225 e. The van der Waals surface area contributed by atoms with Crippen molar-refractivity contribution in [3.63, 3.8) is 0 Å². The lowest BCUT2D eigenvalue weighted by atomic mass is 9.82. The molecule has 2 heterocycles. The van der Waals surface area contributed by atoms with E-state index < -0.39 is 0 Å².